The number of ether oxygens (including phenoxy) is 3. The van der Waals surface area contributed by atoms with E-state index in [9.17, 15) is 4.79 Å². The third kappa shape index (κ3) is 5.89. The number of carbonyl (C=O) groups is 1. The lowest BCUT2D eigenvalue weighted by Crippen LogP contribution is -2.35. The summed E-state index contributed by atoms with van der Waals surface area (Å²) in [5.41, 5.74) is 0.190. The Morgan fingerprint density at radius 1 is 1.14 bits per heavy atom. The van der Waals surface area contributed by atoms with Crippen LogP contribution in [0.3, 0.4) is 0 Å². The molecule has 1 amide bonds. The summed E-state index contributed by atoms with van der Waals surface area (Å²) in [6.45, 7) is 6.34. The predicted octanol–water partition coefficient (Wildman–Crippen LogP) is 3.29. The standard InChI is InChI=1S/C15H23ClN2O4/c1-15(2,3)22-14(19)18-7-6-17-11-9-13(21-5)12(20-4)8-10(11)16/h8-9,17H,6-7H2,1-5H3,(H,18,19). The van der Waals surface area contributed by atoms with Gasteiger partial charge in [0.15, 0.2) is 11.5 Å². The van der Waals surface area contributed by atoms with Crippen LogP contribution in [0, 0.1) is 0 Å². The number of anilines is 1. The largest absolute Gasteiger partial charge is 0.493 e. The zero-order valence-corrected chi connectivity index (χ0v) is 14.3. The first-order chi connectivity index (χ1) is 10.3. The molecule has 0 fully saturated rings. The van der Waals surface area contributed by atoms with E-state index in [1.54, 1.807) is 26.4 Å². The van der Waals surface area contributed by atoms with Gasteiger partial charge in [0.25, 0.3) is 0 Å². The second kappa shape index (κ2) is 7.98. The summed E-state index contributed by atoms with van der Waals surface area (Å²) in [5, 5.41) is 6.29. The maximum Gasteiger partial charge on any atom is 0.407 e. The Hall–Kier alpha value is -1.82. The minimum Gasteiger partial charge on any atom is -0.493 e. The van der Waals surface area contributed by atoms with Gasteiger partial charge in [-0.1, -0.05) is 11.6 Å². The van der Waals surface area contributed by atoms with Gasteiger partial charge in [-0.05, 0) is 20.8 Å². The van der Waals surface area contributed by atoms with Crippen molar-refractivity contribution in [3.8, 4) is 11.5 Å². The average molecular weight is 331 g/mol. The van der Waals surface area contributed by atoms with Crippen molar-refractivity contribution >= 4 is 23.4 Å². The van der Waals surface area contributed by atoms with Crippen LogP contribution < -0.4 is 20.1 Å². The monoisotopic (exact) mass is 330 g/mol. The van der Waals surface area contributed by atoms with Crippen molar-refractivity contribution in [1.29, 1.82) is 0 Å². The molecule has 1 aromatic rings. The molecule has 0 atom stereocenters. The minimum absolute atomic E-state index is 0.402. The Kier molecular flexibility index (Phi) is 6.61. The second-order valence-corrected chi connectivity index (χ2v) is 5.95. The molecule has 0 aromatic heterocycles. The highest BCUT2D eigenvalue weighted by Crippen LogP contribution is 2.35. The predicted molar refractivity (Wildman–Crippen MR) is 87.3 cm³/mol. The van der Waals surface area contributed by atoms with Crippen LogP contribution in [0.1, 0.15) is 20.8 Å². The zero-order valence-electron chi connectivity index (χ0n) is 13.6. The Labute approximate surface area is 136 Å². The third-order valence-electron chi connectivity index (χ3n) is 2.58. The van der Waals surface area contributed by atoms with Gasteiger partial charge >= 0.3 is 6.09 Å². The smallest absolute Gasteiger partial charge is 0.407 e. The molecule has 124 valence electrons. The molecule has 0 radical (unpaired) electrons. The van der Waals surface area contributed by atoms with Crippen molar-refractivity contribution in [1.82, 2.24) is 5.32 Å². The van der Waals surface area contributed by atoms with Gasteiger partial charge in [0.05, 0.1) is 24.9 Å². The van der Waals surface area contributed by atoms with Crippen LogP contribution >= 0.6 is 11.6 Å². The lowest BCUT2D eigenvalue weighted by molar-refractivity contribution is 0.0530. The number of carbonyl (C=O) groups excluding carboxylic acids is 1. The Morgan fingerprint density at radius 3 is 2.27 bits per heavy atom. The van der Waals surface area contributed by atoms with Gasteiger partial charge in [-0.2, -0.15) is 0 Å². The van der Waals surface area contributed by atoms with Gasteiger partial charge in [0.1, 0.15) is 5.60 Å². The molecular formula is C15H23ClN2O4. The lowest BCUT2D eigenvalue weighted by atomic mass is 10.2. The third-order valence-corrected chi connectivity index (χ3v) is 2.89. The zero-order chi connectivity index (χ0) is 16.8. The van der Waals surface area contributed by atoms with Crippen LogP contribution in [0.25, 0.3) is 0 Å². The first-order valence-electron chi connectivity index (χ1n) is 6.89. The van der Waals surface area contributed by atoms with E-state index in [-0.39, 0.29) is 0 Å². The molecule has 0 spiro atoms. The molecule has 0 aliphatic rings. The fourth-order valence-electron chi connectivity index (χ4n) is 1.67. The molecule has 2 N–H and O–H groups in total. The second-order valence-electron chi connectivity index (χ2n) is 5.54. The van der Waals surface area contributed by atoms with Gasteiger partial charge in [-0.25, -0.2) is 4.79 Å². The number of amides is 1. The molecule has 0 saturated carbocycles. The highest BCUT2D eigenvalue weighted by molar-refractivity contribution is 6.33. The number of rotatable bonds is 6. The van der Waals surface area contributed by atoms with E-state index in [0.717, 1.165) is 0 Å². The molecule has 0 aliphatic heterocycles. The number of methoxy groups -OCH3 is 2. The van der Waals surface area contributed by atoms with Gasteiger partial charge in [-0.15, -0.1) is 0 Å². The van der Waals surface area contributed by atoms with Crippen molar-refractivity contribution in [2.24, 2.45) is 0 Å². The molecule has 0 aliphatic carbocycles. The number of hydrogen-bond donors (Lipinski definition) is 2. The summed E-state index contributed by atoms with van der Waals surface area (Å²) in [4.78, 5) is 11.5. The number of hydrogen-bond acceptors (Lipinski definition) is 5. The normalized spacial score (nSPS) is 10.8. The topological polar surface area (TPSA) is 68.8 Å². The van der Waals surface area contributed by atoms with Crippen LogP contribution in [0.5, 0.6) is 11.5 Å². The van der Waals surface area contributed by atoms with Crippen molar-refractivity contribution in [2.45, 2.75) is 26.4 Å². The van der Waals surface area contributed by atoms with Gasteiger partial charge < -0.3 is 24.8 Å². The average Bonchev–Trinajstić information content (AvgIpc) is 2.42. The van der Waals surface area contributed by atoms with E-state index in [0.29, 0.717) is 35.3 Å². The van der Waals surface area contributed by atoms with Crippen LogP contribution in [-0.4, -0.2) is 39.0 Å². The first-order valence-corrected chi connectivity index (χ1v) is 7.27. The van der Waals surface area contributed by atoms with E-state index in [4.69, 9.17) is 25.8 Å². The fourth-order valence-corrected chi connectivity index (χ4v) is 1.89. The van der Waals surface area contributed by atoms with Crippen molar-refractivity contribution < 1.29 is 19.0 Å². The lowest BCUT2D eigenvalue weighted by Gasteiger charge is -2.20. The summed E-state index contributed by atoms with van der Waals surface area (Å²) in [5.74, 6) is 1.14. The molecule has 0 heterocycles. The molecule has 0 unspecified atom stereocenters. The Morgan fingerprint density at radius 2 is 1.73 bits per heavy atom. The minimum atomic E-state index is -0.510. The Bertz CT molecular complexity index is 515. The highest BCUT2D eigenvalue weighted by Gasteiger charge is 2.15. The maximum atomic E-state index is 11.5. The molecule has 6 nitrogen and oxygen atoms in total. The van der Waals surface area contributed by atoms with E-state index < -0.39 is 11.7 Å². The van der Waals surface area contributed by atoms with Crippen molar-refractivity contribution in [3.63, 3.8) is 0 Å². The molecule has 7 heteroatoms. The summed E-state index contributed by atoms with van der Waals surface area (Å²) >= 11 is 6.16. The van der Waals surface area contributed by atoms with E-state index in [1.807, 2.05) is 20.8 Å². The molecule has 0 bridgehead atoms. The van der Waals surface area contributed by atoms with Crippen molar-refractivity contribution in [2.75, 3.05) is 32.6 Å². The van der Waals surface area contributed by atoms with Gasteiger partial charge in [0, 0.05) is 25.2 Å². The first kappa shape index (κ1) is 18.2. The molecule has 22 heavy (non-hydrogen) atoms. The van der Waals surface area contributed by atoms with Gasteiger partial charge in [0.2, 0.25) is 0 Å². The fraction of sp³-hybridized carbons (Fsp3) is 0.533. The SMILES string of the molecule is COc1cc(Cl)c(NCCNC(=O)OC(C)(C)C)cc1OC. The quantitative estimate of drug-likeness (QED) is 0.783. The molecule has 1 aromatic carbocycles. The molecule has 1 rings (SSSR count). The summed E-state index contributed by atoms with van der Waals surface area (Å²) in [7, 11) is 3.10. The van der Waals surface area contributed by atoms with Crippen LogP contribution in [0.2, 0.25) is 5.02 Å². The van der Waals surface area contributed by atoms with E-state index >= 15 is 0 Å². The summed E-state index contributed by atoms with van der Waals surface area (Å²) in [6, 6.07) is 3.42. The van der Waals surface area contributed by atoms with Crippen molar-refractivity contribution in [3.05, 3.63) is 17.2 Å². The van der Waals surface area contributed by atoms with E-state index in [2.05, 4.69) is 10.6 Å². The van der Waals surface area contributed by atoms with Crippen LogP contribution in [0.15, 0.2) is 12.1 Å². The summed E-state index contributed by atoms with van der Waals surface area (Å²) < 4.78 is 15.5. The van der Waals surface area contributed by atoms with Gasteiger partial charge in [-0.3, -0.25) is 0 Å². The molecular weight excluding hydrogens is 308 g/mol. The van der Waals surface area contributed by atoms with E-state index in [1.165, 1.54) is 0 Å². The molecule has 0 saturated heterocycles. The maximum absolute atomic E-state index is 11.5. The summed E-state index contributed by atoms with van der Waals surface area (Å²) in [6.07, 6.45) is -0.451. The number of halogens is 1. The Balaban J connectivity index is 2.50. The van der Waals surface area contributed by atoms with Crippen LogP contribution in [-0.2, 0) is 4.74 Å². The number of alkyl carbamates (subject to hydrolysis) is 1. The van der Waals surface area contributed by atoms with Crippen LogP contribution in [0.4, 0.5) is 10.5 Å². The highest BCUT2D eigenvalue weighted by atomic mass is 35.5. The number of benzene rings is 1. The number of nitrogens with one attached hydrogen (secondary N) is 2.